The molecule has 0 bridgehead atoms. The molecule has 1 N–H and O–H groups in total. The highest BCUT2D eigenvalue weighted by Gasteiger charge is 2.09. The van der Waals surface area contributed by atoms with E-state index in [1.807, 2.05) is 19.9 Å². The van der Waals surface area contributed by atoms with Crippen molar-refractivity contribution in [2.24, 2.45) is 5.10 Å². The molecule has 86 valence electrons. The van der Waals surface area contributed by atoms with Crippen molar-refractivity contribution in [3.8, 4) is 12.1 Å². The maximum absolute atomic E-state index is 8.58. The molecule has 6 heteroatoms. The standard InChI is InChI=1S/C11H8Br2N4/c1-6-7(2)11(10(13)3-9(6)12)17-16-8(4-14)5-15/h3,17H,1-2H3. The maximum atomic E-state index is 8.58. The zero-order chi connectivity index (χ0) is 13.0. The summed E-state index contributed by atoms with van der Waals surface area (Å²) >= 11 is 6.84. The average molecular weight is 356 g/mol. The highest BCUT2D eigenvalue weighted by molar-refractivity contribution is 9.11. The number of halogens is 2. The van der Waals surface area contributed by atoms with E-state index in [2.05, 4.69) is 42.4 Å². The van der Waals surface area contributed by atoms with Crippen LogP contribution in [-0.2, 0) is 0 Å². The molecule has 0 aliphatic heterocycles. The molecule has 1 aromatic rings. The fourth-order valence-electron chi connectivity index (χ4n) is 1.16. The minimum atomic E-state index is -0.211. The van der Waals surface area contributed by atoms with Crippen LogP contribution in [0.1, 0.15) is 11.1 Å². The lowest BCUT2D eigenvalue weighted by molar-refractivity contribution is 1.24. The van der Waals surface area contributed by atoms with Gasteiger partial charge in [-0.3, -0.25) is 5.43 Å². The Bertz CT molecular complexity index is 548. The van der Waals surface area contributed by atoms with Crippen LogP contribution in [0.15, 0.2) is 20.1 Å². The molecule has 0 amide bonds. The molecule has 0 spiro atoms. The Morgan fingerprint density at radius 3 is 2.29 bits per heavy atom. The average Bonchev–Trinajstić information content (AvgIpc) is 2.31. The monoisotopic (exact) mass is 354 g/mol. The van der Waals surface area contributed by atoms with Gasteiger partial charge in [0.05, 0.1) is 5.69 Å². The lowest BCUT2D eigenvalue weighted by Gasteiger charge is -2.12. The third-order valence-electron chi connectivity index (χ3n) is 2.28. The van der Waals surface area contributed by atoms with Crippen molar-refractivity contribution in [3.63, 3.8) is 0 Å². The van der Waals surface area contributed by atoms with Crippen molar-refractivity contribution in [3.05, 3.63) is 26.1 Å². The number of hydrogen-bond acceptors (Lipinski definition) is 4. The summed E-state index contributed by atoms with van der Waals surface area (Å²) in [6.45, 7) is 3.90. The Labute approximate surface area is 116 Å². The normalized spacial score (nSPS) is 9.06. The summed E-state index contributed by atoms with van der Waals surface area (Å²) in [5.41, 5.74) is 5.32. The summed E-state index contributed by atoms with van der Waals surface area (Å²) in [5, 5.41) is 20.9. The molecule has 0 saturated carbocycles. The molecule has 0 radical (unpaired) electrons. The van der Waals surface area contributed by atoms with Gasteiger partial charge in [-0.1, -0.05) is 15.9 Å². The van der Waals surface area contributed by atoms with Gasteiger partial charge in [-0.25, -0.2) is 0 Å². The summed E-state index contributed by atoms with van der Waals surface area (Å²) in [6.07, 6.45) is 0. The van der Waals surface area contributed by atoms with Crippen LogP contribution in [0, 0.1) is 36.5 Å². The lowest BCUT2D eigenvalue weighted by atomic mass is 10.1. The van der Waals surface area contributed by atoms with Crippen molar-refractivity contribution >= 4 is 43.3 Å². The fourth-order valence-corrected chi connectivity index (χ4v) is 2.61. The molecule has 0 aliphatic carbocycles. The molecule has 0 atom stereocenters. The van der Waals surface area contributed by atoms with Crippen molar-refractivity contribution in [1.82, 2.24) is 0 Å². The van der Waals surface area contributed by atoms with Gasteiger partial charge in [-0.05, 0) is 47.0 Å². The summed E-state index contributed by atoms with van der Waals surface area (Å²) < 4.78 is 1.80. The first-order valence-corrected chi connectivity index (χ1v) is 6.19. The quantitative estimate of drug-likeness (QED) is 0.650. The molecule has 0 fully saturated rings. The summed E-state index contributed by atoms with van der Waals surface area (Å²) in [5.74, 6) is 0. The first kappa shape index (κ1) is 13.7. The summed E-state index contributed by atoms with van der Waals surface area (Å²) in [4.78, 5) is 0. The van der Waals surface area contributed by atoms with Gasteiger partial charge in [0.2, 0.25) is 5.71 Å². The predicted molar refractivity (Wildman–Crippen MR) is 73.6 cm³/mol. The van der Waals surface area contributed by atoms with Crippen LogP contribution < -0.4 is 5.43 Å². The fraction of sp³-hybridized carbons (Fsp3) is 0.182. The minimum Gasteiger partial charge on any atom is -0.275 e. The number of nitrogens with one attached hydrogen (secondary N) is 1. The van der Waals surface area contributed by atoms with Crippen LogP contribution in [0.4, 0.5) is 5.69 Å². The second-order valence-corrected chi connectivity index (χ2v) is 4.97. The molecule has 0 unspecified atom stereocenters. The van der Waals surface area contributed by atoms with Gasteiger partial charge in [0.25, 0.3) is 0 Å². The number of anilines is 1. The molecule has 0 heterocycles. The topological polar surface area (TPSA) is 72.0 Å². The van der Waals surface area contributed by atoms with Gasteiger partial charge in [0, 0.05) is 8.95 Å². The Balaban J connectivity index is 3.18. The van der Waals surface area contributed by atoms with Gasteiger partial charge in [0.15, 0.2) is 0 Å². The van der Waals surface area contributed by atoms with E-state index < -0.39 is 0 Å². The largest absolute Gasteiger partial charge is 0.275 e. The SMILES string of the molecule is Cc1c(Br)cc(Br)c(NN=C(C#N)C#N)c1C. The van der Waals surface area contributed by atoms with E-state index in [0.717, 1.165) is 25.8 Å². The number of nitriles is 2. The molecular formula is C11H8Br2N4. The summed E-state index contributed by atoms with van der Waals surface area (Å²) in [6, 6.07) is 5.26. The molecule has 0 aliphatic rings. The molecule has 0 saturated heterocycles. The van der Waals surface area contributed by atoms with E-state index >= 15 is 0 Å². The van der Waals surface area contributed by atoms with Crippen molar-refractivity contribution in [2.45, 2.75) is 13.8 Å². The third kappa shape index (κ3) is 3.06. The van der Waals surface area contributed by atoms with Gasteiger partial charge in [-0.2, -0.15) is 15.6 Å². The first-order chi connectivity index (χ1) is 8.01. The predicted octanol–water partition coefficient (Wildman–Crippen LogP) is 3.64. The van der Waals surface area contributed by atoms with Crippen LogP contribution in [0.3, 0.4) is 0 Å². The van der Waals surface area contributed by atoms with Gasteiger partial charge in [-0.15, -0.1) is 0 Å². The van der Waals surface area contributed by atoms with E-state index in [9.17, 15) is 0 Å². The van der Waals surface area contributed by atoms with Crippen molar-refractivity contribution < 1.29 is 0 Å². The highest BCUT2D eigenvalue weighted by atomic mass is 79.9. The molecule has 1 aromatic carbocycles. The van der Waals surface area contributed by atoms with Crippen LogP contribution >= 0.6 is 31.9 Å². The lowest BCUT2D eigenvalue weighted by Crippen LogP contribution is -2.00. The first-order valence-electron chi connectivity index (χ1n) is 4.60. The highest BCUT2D eigenvalue weighted by Crippen LogP contribution is 2.33. The molecular weight excluding hydrogens is 348 g/mol. The Morgan fingerprint density at radius 2 is 1.76 bits per heavy atom. The van der Waals surface area contributed by atoms with Crippen LogP contribution in [0.2, 0.25) is 0 Å². The summed E-state index contributed by atoms with van der Waals surface area (Å²) in [7, 11) is 0. The van der Waals surface area contributed by atoms with E-state index in [0.29, 0.717) is 0 Å². The van der Waals surface area contributed by atoms with Gasteiger partial charge >= 0.3 is 0 Å². The Kier molecular flexibility index (Phi) is 4.68. The Morgan fingerprint density at radius 1 is 1.18 bits per heavy atom. The van der Waals surface area contributed by atoms with E-state index in [4.69, 9.17) is 10.5 Å². The zero-order valence-electron chi connectivity index (χ0n) is 9.17. The third-order valence-corrected chi connectivity index (χ3v) is 3.73. The van der Waals surface area contributed by atoms with Crippen molar-refractivity contribution in [2.75, 3.05) is 5.43 Å². The smallest absolute Gasteiger partial charge is 0.237 e. The van der Waals surface area contributed by atoms with Crippen molar-refractivity contribution in [1.29, 1.82) is 10.5 Å². The van der Waals surface area contributed by atoms with Gasteiger partial charge < -0.3 is 0 Å². The van der Waals surface area contributed by atoms with Gasteiger partial charge in [0.1, 0.15) is 12.1 Å². The second-order valence-electron chi connectivity index (χ2n) is 3.26. The molecule has 1 rings (SSSR count). The number of hydrazone groups is 1. The maximum Gasteiger partial charge on any atom is 0.237 e. The van der Waals surface area contributed by atoms with Crippen LogP contribution in [0.5, 0.6) is 0 Å². The second kappa shape index (κ2) is 5.81. The number of hydrogen-bond donors (Lipinski definition) is 1. The Hall–Kier alpha value is -1.37. The van der Waals surface area contributed by atoms with E-state index in [1.165, 1.54) is 0 Å². The number of benzene rings is 1. The molecule has 4 nitrogen and oxygen atoms in total. The van der Waals surface area contributed by atoms with E-state index in [-0.39, 0.29) is 5.71 Å². The zero-order valence-corrected chi connectivity index (χ0v) is 12.3. The number of rotatable bonds is 2. The number of nitrogens with zero attached hydrogens (tertiary/aromatic N) is 3. The molecule has 17 heavy (non-hydrogen) atoms. The minimum absolute atomic E-state index is 0.211. The molecule has 0 aromatic heterocycles. The van der Waals surface area contributed by atoms with Crippen LogP contribution in [-0.4, -0.2) is 5.71 Å². The van der Waals surface area contributed by atoms with E-state index in [1.54, 1.807) is 12.1 Å². The van der Waals surface area contributed by atoms with Crippen LogP contribution in [0.25, 0.3) is 0 Å².